The van der Waals surface area contributed by atoms with Gasteiger partial charge in [-0.15, -0.1) is 0 Å². The molecule has 0 aliphatic rings. The maximum atomic E-state index is 9.87. The fourth-order valence-electron chi connectivity index (χ4n) is 1.13. The van der Waals surface area contributed by atoms with Gasteiger partial charge >= 0.3 is 11.9 Å². The lowest BCUT2D eigenvalue weighted by molar-refractivity contribution is -0.141. The third-order valence-corrected chi connectivity index (χ3v) is 2.29. The molecule has 0 fully saturated rings. The maximum absolute atomic E-state index is 9.87. The first-order chi connectivity index (χ1) is 12.3. The van der Waals surface area contributed by atoms with Crippen molar-refractivity contribution in [2.24, 2.45) is 0 Å². The van der Waals surface area contributed by atoms with Crippen molar-refractivity contribution in [3.05, 3.63) is 0 Å². The Kier molecular flexibility index (Phi) is 20.9. The summed E-state index contributed by atoms with van der Waals surface area (Å²) in [6.07, 6.45) is -1.38. The minimum atomic E-state index is -1.06. The minimum absolute atomic E-state index is 0.0170. The van der Waals surface area contributed by atoms with Crippen LogP contribution in [0.5, 0.6) is 0 Å². The molecule has 0 spiro atoms. The van der Waals surface area contributed by atoms with E-state index in [4.69, 9.17) is 29.9 Å². The van der Waals surface area contributed by atoms with Gasteiger partial charge in [0.25, 0.3) is 0 Å². The molecule has 0 rings (SSSR count). The number of carbonyl (C=O) groups is 4. The number of aliphatic carboxylic acids is 2. The molecule has 27 heavy (non-hydrogen) atoms. The van der Waals surface area contributed by atoms with Crippen molar-refractivity contribution >= 4 is 23.5 Å². The number of ether oxygens (including phenoxy) is 2. The molecule has 0 saturated carbocycles. The fourth-order valence-corrected chi connectivity index (χ4v) is 1.13. The summed E-state index contributed by atoms with van der Waals surface area (Å²) in [4.78, 5) is 38.9. The summed E-state index contributed by atoms with van der Waals surface area (Å²) < 4.78 is 10.5. The molecule has 10 heteroatoms. The zero-order valence-corrected chi connectivity index (χ0v) is 16.5. The molecule has 0 aliphatic carbocycles. The summed E-state index contributed by atoms with van der Waals surface area (Å²) in [6, 6.07) is 0. The quantitative estimate of drug-likeness (QED) is 0.356. The minimum Gasteiger partial charge on any atom is -0.481 e. The monoisotopic (exact) mass is 396 g/mol. The van der Waals surface area contributed by atoms with E-state index in [1.807, 2.05) is 6.92 Å². The predicted octanol–water partition coefficient (Wildman–Crippen LogP) is 0.270. The maximum Gasteiger partial charge on any atom is 0.310 e. The van der Waals surface area contributed by atoms with Gasteiger partial charge in [0.05, 0.1) is 38.1 Å². The van der Waals surface area contributed by atoms with Crippen LogP contribution in [0.3, 0.4) is 0 Å². The van der Waals surface area contributed by atoms with Gasteiger partial charge in [-0.1, -0.05) is 0 Å². The van der Waals surface area contributed by atoms with Crippen molar-refractivity contribution in [2.75, 3.05) is 19.8 Å². The van der Waals surface area contributed by atoms with E-state index in [0.717, 1.165) is 0 Å². The van der Waals surface area contributed by atoms with Gasteiger partial charge in [0.1, 0.15) is 24.4 Å². The van der Waals surface area contributed by atoms with Gasteiger partial charge < -0.3 is 29.9 Å². The summed E-state index contributed by atoms with van der Waals surface area (Å²) in [5, 5.41) is 33.3. The number of rotatable bonds is 11. The average Bonchev–Trinajstić information content (AvgIpc) is 2.48. The summed E-state index contributed by atoms with van der Waals surface area (Å²) in [6.45, 7) is 8.59. The van der Waals surface area contributed by atoms with Gasteiger partial charge in [0, 0.05) is 0 Å². The van der Waals surface area contributed by atoms with Crippen LogP contribution in [0.4, 0.5) is 0 Å². The Bertz CT molecular complexity index is 383. The Balaban J connectivity index is -0.000000350. The number of hydrogen-bond acceptors (Lipinski definition) is 8. The molecule has 0 aliphatic heterocycles. The van der Waals surface area contributed by atoms with E-state index in [-0.39, 0.29) is 43.2 Å². The number of carboxylic acid groups (broad SMARTS) is 2. The van der Waals surface area contributed by atoms with Gasteiger partial charge in [0.15, 0.2) is 0 Å². The predicted molar refractivity (Wildman–Crippen MR) is 95.5 cm³/mol. The molecule has 3 atom stereocenters. The molecule has 0 aromatic heterocycles. The lowest BCUT2D eigenvalue weighted by Crippen LogP contribution is -2.24. The van der Waals surface area contributed by atoms with Crippen LogP contribution < -0.4 is 0 Å². The van der Waals surface area contributed by atoms with Crippen LogP contribution >= 0.6 is 0 Å². The number of aliphatic hydroxyl groups excluding tert-OH is 2. The van der Waals surface area contributed by atoms with Crippen LogP contribution in [0.1, 0.15) is 47.5 Å². The summed E-state index contributed by atoms with van der Waals surface area (Å²) in [5.74, 6) is -2.75. The SMILES string of the molecule is CC(=O)CC(=O)O.CC(=O)CC(=O)O.CC(O)COC(C)COC(C)CO. The van der Waals surface area contributed by atoms with Crippen LogP contribution in [0.25, 0.3) is 0 Å². The lowest BCUT2D eigenvalue weighted by atomic mass is 10.3. The highest BCUT2D eigenvalue weighted by Gasteiger charge is 2.07. The van der Waals surface area contributed by atoms with Gasteiger partial charge in [-0.25, -0.2) is 0 Å². The zero-order valence-electron chi connectivity index (χ0n) is 16.5. The number of ketones is 2. The van der Waals surface area contributed by atoms with Gasteiger partial charge in [-0.3, -0.25) is 19.2 Å². The van der Waals surface area contributed by atoms with Crippen LogP contribution in [0.15, 0.2) is 0 Å². The average molecular weight is 396 g/mol. The van der Waals surface area contributed by atoms with Gasteiger partial charge in [-0.05, 0) is 34.6 Å². The second-order valence-electron chi connectivity index (χ2n) is 5.86. The molecule has 0 heterocycles. The Morgan fingerprint density at radius 2 is 1.15 bits per heavy atom. The number of hydrogen-bond donors (Lipinski definition) is 4. The first-order valence-electron chi connectivity index (χ1n) is 8.26. The standard InChI is InChI=1S/C9H20O4.2C4H6O3/c1-7(11)5-12-9(3)6-13-8(2)4-10;2*1-3(5)2-4(6)7/h7-11H,4-6H2,1-3H3;2*2H2,1H3,(H,6,7). The Morgan fingerprint density at radius 3 is 1.37 bits per heavy atom. The fraction of sp³-hybridized carbons (Fsp3) is 0.765. The topological polar surface area (TPSA) is 168 Å². The molecule has 0 amide bonds. The van der Waals surface area contributed by atoms with Crippen molar-refractivity contribution < 1.29 is 49.1 Å². The summed E-state index contributed by atoms with van der Waals surface area (Å²) >= 11 is 0. The van der Waals surface area contributed by atoms with Crippen LogP contribution in [0.2, 0.25) is 0 Å². The Hall–Kier alpha value is -1.88. The molecule has 10 nitrogen and oxygen atoms in total. The third kappa shape index (κ3) is 35.9. The van der Waals surface area contributed by atoms with Crippen LogP contribution in [-0.2, 0) is 28.7 Å². The molecule has 4 N–H and O–H groups in total. The van der Waals surface area contributed by atoms with E-state index in [1.54, 1.807) is 13.8 Å². The van der Waals surface area contributed by atoms with Gasteiger partial charge in [-0.2, -0.15) is 0 Å². The summed E-state index contributed by atoms with van der Waals surface area (Å²) in [7, 11) is 0. The highest BCUT2D eigenvalue weighted by Crippen LogP contribution is 1.97. The smallest absolute Gasteiger partial charge is 0.310 e. The molecular formula is C17H32O10. The molecule has 160 valence electrons. The highest BCUT2D eigenvalue weighted by molar-refractivity contribution is 5.93. The molecule has 0 radical (unpaired) electrons. The van der Waals surface area contributed by atoms with Crippen molar-refractivity contribution in [3.63, 3.8) is 0 Å². The molecule has 0 aromatic carbocycles. The van der Waals surface area contributed by atoms with E-state index in [2.05, 4.69) is 0 Å². The van der Waals surface area contributed by atoms with Crippen molar-refractivity contribution in [1.29, 1.82) is 0 Å². The van der Waals surface area contributed by atoms with Crippen molar-refractivity contribution in [1.82, 2.24) is 0 Å². The van der Waals surface area contributed by atoms with Crippen LogP contribution in [0, 0.1) is 0 Å². The number of aliphatic hydroxyl groups is 2. The Labute approximate surface area is 159 Å². The third-order valence-electron chi connectivity index (χ3n) is 2.29. The van der Waals surface area contributed by atoms with Crippen molar-refractivity contribution in [3.8, 4) is 0 Å². The van der Waals surface area contributed by atoms with E-state index in [0.29, 0.717) is 13.2 Å². The number of carbonyl (C=O) groups excluding carboxylic acids is 2. The molecule has 0 saturated heterocycles. The zero-order chi connectivity index (χ0) is 22.0. The second kappa shape index (κ2) is 18.9. The lowest BCUT2D eigenvalue weighted by Gasteiger charge is -2.16. The normalized spacial score (nSPS) is 13.0. The highest BCUT2D eigenvalue weighted by atomic mass is 16.5. The van der Waals surface area contributed by atoms with E-state index in [1.165, 1.54) is 13.8 Å². The molecule has 3 unspecified atom stereocenters. The van der Waals surface area contributed by atoms with Crippen molar-refractivity contribution in [2.45, 2.75) is 65.8 Å². The molecule has 0 aromatic rings. The second-order valence-corrected chi connectivity index (χ2v) is 5.86. The molecule has 0 bridgehead atoms. The van der Waals surface area contributed by atoms with Gasteiger partial charge in [0.2, 0.25) is 0 Å². The molecular weight excluding hydrogens is 364 g/mol. The first kappa shape index (κ1) is 29.9. The summed E-state index contributed by atoms with van der Waals surface area (Å²) in [5.41, 5.74) is 0. The number of Topliss-reactive ketones (excluding diaryl/α,β-unsaturated/α-hetero) is 2. The van der Waals surface area contributed by atoms with E-state index < -0.39 is 18.0 Å². The number of carboxylic acids is 2. The van der Waals surface area contributed by atoms with E-state index >= 15 is 0 Å². The first-order valence-corrected chi connectivity index (χ1v) is 8.26. The van der Waals surface area contributed by atoms with E-state index in [9.17, 15) is 19.2 Å². The van der Waals surface area contributed by atoms with Crippen LogP contribution in [-0.4, -0.2) is 82.1 Å². The largest absolute Gasteiger partial charge is 0.481 e. The Morgan fingerprint density at radius 1 is 0.778 bits per heavy atom.